The average molecular weight is 249 g/mol. The molecular weight excluding hydrogens is 230 g/mol. The van der Waals surface area contributed by atoms with Crippen LogP contribution in [-0.2, 0) is 14.3 Å². The van der Waals surface area contributed by atoms with E-state index < -0.39 is 12.0 Å². The first kappa shape index (κ1) is 14.4. The normalized spacial score (nSPS) is 13.7. The zero-order valence-corrected chi connectivity index (χ0v) is 11.0. The minimum absolute atomic E-state index is 0.0930. The van der Waals surface area contributed by atoms with Crippen LogP contribution in [0.25, 0.3) is 0 Å². The van der Waals surface area contributed by atoms with Gasteiger partial charge in [-0.3, -0.25) is 10.1 Å². The van der Waals surface area contributed by atoms with Crippen molar-refractivity contribution in [2.24, 2.45) is 0 Å². The predicted octanol–water partition coefficient (Wildman–Crippen LogP) is 1.86. The summed E-state index contributed by atoms with van der Waals surface area (Å²) in [5.41, 5.74) is 1.02. The number of esters is 1. The van der Waals surface area contributed by atoms with Gasteiger partial charge in [-0.1, -0.05) is 30.3 Å². The van der Waals surface area contributed by atoms with E-state index in [0.29, 0.717) is 0 Å². The van der Waals surface area contributed by atoms with E-state index in [1.165, 1.54) is 6.92 Å². The van der Waals surface area contributed by atoms with Crippen LogP contribution < -0.4 is 5.32 Å². The summed E-state index contributed by atoms with van der Waals surface area (Å²) in [4.78, 5) is 23.1. The molecule has 0 saturated carbocycles. The van der Waals surface area contributed by atoms with E-state index in [2.05, 4.69) is 5.32 Å². The van der Waals surface area contributed by atoms with Crippen LogP contribution in [0.1, 0.15) is 32.4 Å². The third kappa shape index (κ3) is 3.96. The van der Waals surface area contributed by atoms with E-state index >= 15 is 0 Å². The molecule has 1 aromatic rings. The number of benzene rings is 1. The van der Waals surface area contributed by atoms with Gasteiger partial charge in [0.25, 0.3) is 0 Å². The highest BCUT2D eigenvalue weighted by molar-refractivity contribution is 6.01. The van der Waals surface area contributed by atoms with Gasteiger partial charge in [0.15, 0.2) is 11.8 Å². The second-order valence-corrected chi connectivity index (χ2v) is 4.09. The Labute approximate surface area is 107 Å². The molecule has 1 unspecified atom stereocenters. The average Bonchev–Trinajstić information content (AvgIpc) is 2.36. The Hall–Kier alpha value is -1.68. The van der Waals surface area contributed by atoms with Gasteiger partial charge in [0.05, 0.1) is 6.61 Å². The molecule has 0 radical (unpaired) electrons. The Morgan fingerprint density at radius 3 is 2.39 bits per heavy atom. The lowest BCUT2D eigenvalue weighted by atomic mass is 10.1. The molecule has 1 N–H and O–H groups in total. The Kier molecular flexibility index (Phi) is 5.52. The lowest BCUT2D eigenvalue weighted by Crippen LogP contribution is -2.44. The van der Waals surface area contributed by atoms with E-state index in [0.717, 1.165) is 5.56 Å². The molecule has 0 fully saturated rings. The third-order valence-corrected chi connectivity index (χ3v) is 2.65. The minimum atomic E-state index is -0.903. The number of hydrogen-bond acceptors (Lipinski definition) is 4. The molecule has 1 rings (SSSR count). The first-order chi connectivity index (χ1) is 8.56. The summed E-state index contributed by atoms with van der Waals surface area (Å²) in [6.07, 6.45) is 0. The van der Waals surface area contributed by atoms with Crippen molar-refractivity contribution >= 4 is 11.8 Å². The smallest absolute Gasteiger partial charge is 0.330 e. The summed E-state index contributed by atoms with van der Waals surface area (Å²) < 4.78 is 4.88. The van der Waals surface area contributed by atoms with Gasteiger partial charge in [0.2, 0.25) is 0 Å². The molecule has 0 aromatic heterocycles. The van der Waals surface area contributed by atoms with Crippen molar-refractivity contribution in [2.75, 3.05) is 6.61 Å². The van der Waals surface area contributed by atoms with Gasteiger partial charge in [0.1, 0.15) is 0 Å². The summed E-state index contributed by atoms with van der Waals surface area (Å²) in [6, 6.07) is 8.65. The highest BCUT2D eigenvalue weighted by atomic mass is 16.5. The van der Waals surface area contributed by atoms with Crippen molar-refractivity contribution in [3.63, 3.8) is 0 Å². The van der Waals surface area contributed by atoms with Crippen LogP contribution in [-0.4, -0.2) is 24.4 Å². The SMILES string of the molecule is CCOC(=O)C(N[C@@H](C)c1ccccc1)C(C)=O. The van der Waals surface area contributed by atoms with Crippen molar-refractivity contribution < 1.29 is 14.3 Å². The van der Waals surface area contributed by atoms with Crippen LogP contribution in [0.15, 0.2) is 30.3 Å². The molecule has 18 heavy (non-hydrogen) atoms. The van der Waals surface area contributed by atoms with Crippen LogP contribution in [0.4, 0.5) is 0 Å². The van der Waals surface area contributed by atoms with Crippen molar-refractivity contribution in [3.8, 4) is 0 Å². The number of carbonyl (C=O) groups excluding carboxylic acids is 2. The number of carbonyl (C=O) groups is 2. The molecule has 2 atom stereocenters. The summed E-state index contributed by atoms with van der Waals surface area (Å²) in [5.74, 6) is -0.760. The van der Waals surface area contributed by atoms with Gasteiger partial charge >= 0.3 is 5.97 Å². The third-order valence-electron chi connectivity index (χ3n) is 2.65. The second-order valence-electron chi connectivity index (χ2n) is 4.09. The van der Waals surface area contributed by atoms with E-state index in [1.54, 1.807) is 6.92 Å². The Morgan fingerprint density at radius 2 is 1.89 bits per heavy atom. The number of ether oxygens (including phenoxy) is 1. The molecule has 0 spiro atoms. The van der Waals surface area contributed by atoms with Crippen molar-refractivity contribution in [1.82, 2.24) is 5.32 Å². The zero-order chi connectivity index (χ0) is 13.5. The van der Waals surface area contributed by atoms with Crippen molar-refractivity contribution in [3.05, 3.63) is 35.9 Å². The van der Waals surface area contributed by atoms with Crippen LogP contribution in [0.3, 0.4) is 0 Å². The van der Waals surface area contributed by atoms with Gasteiger partial charge in [0, 0.05) is 6.04 Å². The maximum Gasteiger partial charge on any atom is 0.330 e. The Bertz CT molecular complexity index is 403. The van der Waals surface area contributed by atoms with Gasteiger partial charge in [-0.15, -0.1) is 0 Å². The largest absolute Gasteiger partial charge is 0.464 e. The van der Waals surface area contributed by atoms with E-state index in [1.807, 2.05) is 37.3 Å². The first-order valence-corrected chi connectivity index (χ1v) is 6.04. The maximum absolute atomic E-state index is 11.6. The summed E-state index contributed by atoms with van der Waals surface area (Å²) >= 11 is 0. The molecular formula is C14H19NO3. The highest BCUT2D eigenvalue weighted by Crippen LogP contribution is 2.12. The molecule has 0 aliphatic carbocycles. The van der Waals surface area contributed by atoms with Gasteiger partial charge in [-0.25, -0.2) is 4.79 Å². The highest BCUT2D eigenvalue weighted by Gasteiger charge is 2.26. The maximum atomic E-state index is 11.6. The van der Waals surface area contributed by atoms with E-state index in [9.17, 15) is 9.59 Å². The van der Waals surface area contributed by atoms with Crippen molar-refractivity contribution in [1.29, 1.82) is 0 Å². The molecule has 1 aromatic carbocycles. The second kappa shape index (κ2) is 6.91. The van der Waals surface area contributed by atoms with Crippen LogP contribution in [0, 0.1) is 0 Å². The quantitative estimate of drug-likeness (QED) is 0.617. The molecule has 98 valence electrons. The van der Waals surface area contributed by atoms with Gasteiger partial charge in [-0.05, 0) is 26.3 Å². The molecule has 0 bridgehead atoms. The number of Topliss-reactive ketones (excluding diaryl/α,β-unsaturated/α-hetero) is 1. The molecule has 4 nitrogen and oxygen atoms in total. The molecule has 0 aliphatic heterocycles. The molecule has 0 saturated heterocycles. The lowest BCUT2D eigenvalue weighted by Gasteiger charge is -2.20. The molecule has 4 heteroatoms. The fourth-order valence-corrected chi connectivity index (χ4v) is 1.66. The van der Waals surface area contributed by atoms with Gasteiger partial charge in [-0.2, -0.15) is 0 Å². The van der Waals surface area contributed by atoms with Crippen molar-refractivity contribution in [2.45, 2.75) is 32.9 Å². The summed E-state index contributed by atoms with van der Waals surface area (Å²) in [5, 5.41) is 2.99. The van der Waals surface area contributed by atoms with Crippen LogP contribution >= 0.6 is 0 Å². The predicted molar refractivity (Wildman–Crippen MR) is 69.1 cm³/mol. The monoisotopic (exact) mass is 249 g/mol. The standard InChI is InChI=1S/C14H19NO3/c1-4-18-14(17)13(11(3)16)15-10(2)12-8-6-5-7-9-12/h5-10,13,15H,4H2,1-3H3/t10-,13?/m0/s1. The van der Waals surface area contributed by atoms with E-state index in [-0.39, 0.29) is 18.4 Å². The zero-order valence-electron chi connectivity index (χ0n) is 11.0. The number of ketones is 1. The number of hydrogen-bond donors (Lipinski definition) is 1. The van der Waals surface area contributed by atoms with Gasteiger partial charge < -0.3 is 4.74 Å². The van der Waals surface area contributed by atoms with E-state index in [4.69, 9.17) is 4.74 Å². The Morgan fingerprint density at radius 1 is 1.28 bits per heavy atom. The molecule has 0 amide bonds. The minimum Gasteiger partial charge on any atom is -0.464 e. The summed E-state index contributed by atoms with van der Waals surface area (Å²) in [7, 11) is 0. The fourth-order valence-electron chi connectivity index (χ4n) is 1.66. The summed E-state index contributed by atoms with van der Waals surface area (Å²) in [6.45, 7) is 5.27. The Balaban J connectivity index is 2.72. The number of rotatable bonds is 6. The first-order valence-electron chi connectivity index (χ1n) is 6.04. The van der Waals surface area contributed by atoms with Crippen LogP contribution in [0.2, 0.25) is 0 Å². The van der Waals surface area contributed by atoms with Crippen LogP contribution in [0.5, 0.6) is 0 Å². The fraction of sp³-hybridized carbons (Fsp3) is 0.429. The number of nitrogens with one attached hydrogen (secondary N) is 1. The lowest BCUT2D eigenvalue weighted by molar-refractivity contribution is -0.148. The molecule has 0 heterocycles. The topological polar surface area (TPSA) is 55.4 Å². The molecule has 0 aliphatic rings.